The normalized spacial score (nSPS) is 10.6. The Morgan fingerprint density at radius 1 is 1.14 bits per heavy atom. The maximum absolute atomic E-state index is 13.2. The monoisotopic (exact) mass is 282 g/mol. The van der Waals surface area contributed by atoms with Gasteiger partial charge in [0, 0.05) is 11.8 Å². The summed E-state index contributed by atoms with van der Waals surface area (Å²) >= 11 is 0. The molecule has 0 fully saturated rings. The fraction of sp³-hybridized carbons (Fsp3) is 0.118. The number of aromatic nitrogens is 2. The van der Waals surface area contributed by atoms with Crippen LogP contribution in [0.3, 0.4) is 0 Å². The molecule has 106 valence electrons. The molecule has 0 N–H and O–H groups in total. The van der Waals surface area contributed by atoms with Crippen molar-refractivity contribution in [1.82, 2.24) is 9.78 Å². The first-order valence-electron chi connectivity index (χ1n) is 6.70. The van der Waals surface area contributed by atoms with E-state index < -0.39 is 0 Å². The first kappa shape index (κ1) is 13.4. The van der Waals surface area contributed by atoms with Gasteiger partial charge in [-0.05, 0) is 42.8 Å². The Morgan fingerprint density at radius 2 is 1.95 bits per heavy atom. The molecule has 0 aliphatic rings. The Labute approximate surface area is 122 Å². The van der Waals surface area contributed by atoms with Crippen molar-refractivity contribution in [3.8, 4) is 11.4 Å². The lowest BCUT2D eigenvalue weighted by molar-refractivity contribution is 0.305. The van der Waals surface area contributed by atoms with Gasteiger partial charge in [0.1, 0.15) is 18.2 Å². The summed E-state index contributed by atoms with van der Waals surface area (Å²) in [4.78, 5) is 0. The third kappa shape index (κ3) is 3.11. The molecule has 0 spiro atoms. The number of hydrogen-bond acceptors (Lipinski definition) is 2. The maximum atomic E-state index is 13.2. The third-order valence-electron chi connectivity index (χ3n) is 3.19. The molecular formula is C17H15FN2O. The van der Waals surface area contributed by atoms with Crippen molar-refractivity contribution in [1.29, 1.82) is 0 Å². The molecule has 2 aromatic carbocycles. The van der Waals surface area contributed by atoms with Gasteiger partial charge in [0.2, 0.25) is 0 Å². The molecule has 4 heteroatoms. The van der Waals surface area contributed by atoms with E-state index in [9.17, 15) is 4.39 Å². The molecule has 0 atom stereocenters. The molecule has 1 heterocycles. The number of para-hydroxylation sites is 1. The van der Waals surface area contributed by atoms with Crippen molar-refractivity contribution in [3.63, 3.8) is 0 Å². The van der Waals surface area contributed by atoms with Crippen molar-refractivity contribution in [2.45, 2.75) is 13.5 Å². The van der Waals surface area contributed by atoms with Crippen LogP contribution in [0.4, 0.5) is 4.39 Å². The molecule has 0 aliphatic carbocycles. The summed E-state index contributed by atoms with van der Waals surface area (Å²) in [5.74, 6) is 0.431. The summed E-state index contributed by atoms with van der Waals surface area (Å²) in [6.07, 6.45) is 3.69. The molecule has 0 aliphatic heterocycles. The van der Waals surface area contributed by atoms with Crippen LogP contribution >= 0.6 is 0 Å². The molecule has 1 aromatic heterocycles. The minimum atomic E-state index is -0.223. The lowest BCUT2D eigenvalue weighted by atomic mass is 10.2. The van der Waals surface area contributed by atoms with Crippen LogP contribution in [0.25, 0.3) is 5.69 Å². The number of ether oxygens (including phenoxy) is 1. The van der Waals surface area contributed by atoms with Crippen molar-refractivity contribution >= 4 is 0 Å². The van der Waals surface area contributed by atoms with Crippen LogP contribution in [-0.2, 0) is 6.61 Å². The molecule has 0 amide bonds. The SMILES string of the molecule is Cc1cc(OCc2cnn(-c3ccccc3)c2)ccc1F. The van der Waals surface area contributed by atoms with Crippen LogP contribution in [0.15, 0.2) is 60.9 Å². The number of aryl methyl sites for hydroxylation is 1. The summed E-state index contributed by atoms with van der Waals surface area (Å²) in [6, 6.07) is 14.6. The Bertz CT molecular complexity index is 738. The van der Waals surface area contributed by atoms with Gasteiger partial charge >= 0.3 is 0 Å². The Kier molecular flexibility index (Phi) is 3.69. The molecule has 3 rings (SSSR count). The highest BCUT2D eigenvalue weighted by Gasteiger charge is 2.03. The van der Waals surface area contributed by atoms with E-state index in [2.05, 4.69) is 5.10 Å². The predicted octanol–water partition coefficient (Wildman–Crippen LogP) is 3.90. The van der Waals surface area contributed by atoms with Crippen LogP contribution in [0.1, 0.15) is 11.1 Å². The summed E-state index contributed by atoms with van der Waals surface area (Å²) in [6.45, 7) is 2.12. The second kappa shape index (κ2) is 5.79. The van der Waals surface area contributed by atoms with Crippen LogP contribution < -0.4 is 4.74 Å². The van der Waals surface area contributed by atoms with Crippen molar-refractivity contribution in [3.05, 3.63) is 77.9 Å². The zero-order valence-electron chi connectivity index (χ0n) is 11.7. The van der Waals surface area contributed by atoms with Gasteiger partial charge in [-0.25, -0.2) is 9.07 Å². The first-order valence-corrected chi connectivity index (χ1v) is 6.70. The summed E-state index contributed by atoms with van der Waals surface area (Å²) in [7, 11) is 0. The number of rotatable bonds is 4. The fourth-order valence-electron chi connectivity index (χ4n) is 2.03. The Morgan fingerprint density at radius 3 is 2.71 bits per heavy atom. The number of hydrogen-bond donors (Lipinski definition) is 0. The standard InChI is InChI=1S/C17H15FN2O/c1-13-9-16(7-8-17(13)18)21-12-14-10-19-20(11-14)15-5-3-2-4-6-15/h2-11H,12H2,1H3. The van der Waals surface area contributed by atoms with E-state index in [1.54, 1.807) is 29.9 Å². The van der Waals surface area contributed by atoms with E-state index in [4.69, 9.17) is 4.74 Å². The first-order chi connectivity index (χ1) is 10.2. The molecule has 0 saturated heterocycles. The molecule has 0 radical (unpaired) electrons. The smallest absolute Gasteiger partial charge is 0.126 e. The average molecular weight is 282 g/mol. The maximum Gasteiger partial charge on any atom is 0.126 e. The highest BCUT2D eigenvalue weighted by Crippen LogP contribution is 2.17. The highest BCUT2D eigenvalue weighted by atomic mass is 19.1. The van der Waals surface area contributed by atoms with Crippen molar-refractivity contribution in [2.75, 3.05) is 0 Å². The lowest BCUT2D eigenvalue weighted by Crippen LogP contribution is -1.96. The molecule has 21 heavy (non-hydrogen) atoms. The largest absolute Gasteiger partial charge is 0.489 e. The van der Waals surface area contributed by atoms with E-state index in [0.717, 1.165) is 11.3 Å². The summed E-state index contributed by atoms with van der Waals surface area (Å²) in [5.41, 5.74) is 2.54. The minimum Gasteiger partial charge on any atom is -0.489 e. The second-order valence-corrected chi connectivity index (χ2v) is 4.83. The number of benzene rings is 2. The predicted molar refractivity (Wildman–Crippen MR) is 79.0 cm³/mol. The molecule has 0 unspecified atom stereocenters. The van der Waals surface area contributed by atoms with Crippen LogP contribution in [0.2, 0.25) is 0 Å². The molecule has 0 saturated carbocycles. The van der Waals surface area contributed by atoms with Gasteiger partial charge in [-0.2, -0.15) is 5.10 Å². The van der Waals surface area contributed by atoms with Crippen LogP contribution in [0.5, 0.6) is 5.75 Å². The van der Waals surface area contributed by atoms with Gasteiger partial charge in [0.25, 0.3) is 0 Å². The lowest BCUT2D eigenvalue weighted by Gasteiger charge is -2.05. The van der Waals surface area contributed by atoms with E-state index >= 15 is 0 Å². The topological polar surface area (TPSA) is 27.1 Å². The zero-order chi connectivity index (χ0) is 14.7. The van der Waals surface area contributed by atoms with Gasteiger partial charge in [0.15, 0.2) is 0 Å². The van der Waals surface area contributed by atoms with E-state index in [0.29, 0.717) is 17.9 Å². The van der Waals surface area contributed by atoms with Gasteiger partial charge in [-0.3, -0.25) is 0 Å². The molecule has 3 aromatic rings. The number of halogens is 1. The Hall–Kier alpha value is -2.62. The highest BCUT2D eigenvalue weighted by molar-refractivity contribution is 5.31. The van der Waals surface area contributed by atoms with Gasteiger partial charge < -0.3 is 4.74 Å². The number of nitrogens with zero attached hydrogens (tertiary/aromatic N) is 2. The fourth-order valence-corrected chi connectivity index (χ4v) is 2.03. The Balaban J connectivity index is 1.69. The minimum absolute atomic E-state index is 0.223. The summed E-state index contributed by atoms with van der Waals surface area (Å²) < 4.78 is 20.6. The van der Waals surface area contributed by atoms with E-state index in [-0.39, 0.29) is 5.82 Å². The zero-order valence-corrected chi connectivity index (χ0v) is 11.7. The van der Waals surface area contributed by atoms with E-state index in [1.807, 2.05) is 36.5 Å². The molecular weight excluding hydrogens is 267 g/mol. The van der Waals surface area contributed by atoms with Gasteiger partial charge in [0.05, 0.1) is 11.9 Å². The second-order valence-electron chi connectivity index (χ2n) is 4.83. The summed E-state index contributed by atoms with van der Waals surface area (Å²) in [5, 5.41) is 4.31. The molecule has 3 nitrogen and oxygen atoms in total. The third-order valence-corrected chi connectivity index (χ3v) is 3.19. The van der Waals surface area contributed by atoms with Crippen LogP contribution in [-0.4, -0.2) is 9.78 Å². The molecule has 0 bridgehead atoms. The van der Waals surface area contributed by atoms with Crippen LogP contribution in [0, 0.1) is 12.7 Å². The van der Waals surface area contributed by atoms with Crippen molar-refractivity contribution in [2.24, 2.45) is 0 Å². The average Bonchev–Trinajstić information content (AvgIpc) is 2.98. The van der Waals surface area contributed by atoms with E-state index in [1.165, 1.54) is 6.07 Å². The quantitative estimate of drug-likeness (QED) is 0.725. The van der Waals surface area contributed by atoms with Crippen molar-refractivity contribution < 1.29 is 9.13 Å². The van der Waals surface area contributed by atoms with Gasteiger partial charge in [-0.15, -0.1) is 0 Å². The van der Waals surface area contributed by atoms with Gasteiger partial charge in [-0.1, -0.05) is 18.2 Å².